The largest absolute Gasteiger partial charge is 0.864 e. The zero-order valence-electron chi connectivity index (χ0n) is 25.1. The van der Waals surface area contributed by atoms with Crippen LogP contribution in [0.2, 0.25) is 0 Å². The lowest BCUT2D eigenvalue weighted by molar-refractivity contribution is 0.285. The summed E-state index contributed by atoms with van der Waals surface area (Å²) in [5.74, 6) is -20.6. The molecular formula is C36H14BF11O3. The van der Waals surface area contributed by atoms with Gasteiger partial charge in [0, 0.05) is 57.7 Å². The minimum atomic E-state index is -2.65. The van der Waals surface area contributed by atoms with Gasteiger partial charge < -0.3 is 14.0 Å². The van der Waals surface area contributed by atoms with Crippen molar-refractivity contribution in [1.29, 1.82) is 0 Å². The highest BCUT2D eigenvalue weighted by molar-refractivity contribution is 6.40. The van der Waals surface area contributed by atoms with E-state index in [4.69, 9.17) is 14.0 Å². The van der Waals surface area contributed by atoms with Crippen LogP contribution in [0.15, 0.2) is 60.7 Å². The highest BCUT2D eigenvalue weighted by Gasteiger charge is 2.42. The van der Waals surface area contributed by atoms with E-state index in [1.54, 1.807) is 0 Å². The smallest absolute Gasteiger partial charge is 0.489 e. The van der Waals surface area contributed by atoms with Gasteiger partial charge in [-0.15, -0.1) is 0 Å². The lowest BCUT2D eigenvalue weighted by Gasteiger charge is -2.22. The molecule has 0 aliphatic heterocycles. The van der Waals surface area contributed by atoms with Crippen molar-refractivity contribution in [3.05, 3.63) is 147 Å². The van der Waals surface area contributed by atoms with Crippen molar-refractivity contribution in [2.75, 3.05) is 0 Å². The van der Waals surface area contributed by atoms with Crippen molar-refractivity contribution in [2.45, 2.75) is 12.8 Å². The van der Waals surface area contributed by atoms with Crippen molar-refractivity contribution in [3.8, 4) is 39.5 Å². The fraction of sp³-hybridized carbons (Fsp3) is 0.0556. The Morgan fingerprint density at radius 1 is 0.451 bits per heavy atom. The van der Waals surface area contributed by atoms with E-state index in [0.717, 1.165) is 18.2 Å². The maximum absolute atomic E-state index is 15.6. The van der Waals surface area contributed by atoms with Crippen molar-refractivity contribution in [2.24, 2.45) is 0 Å². The van der Waals surface area contributed by atoms with Gasteiger partial charge in [-0.25, -0.2) is 39.5 Å². The number of hydrogen-bond donors (Lipinski definition) is 0. The van der Waals surface area contributed by atoms with E-state index in [0.29, 0.717) is 18.2 Å². The molecule has 0 N–H and O–H groups in total. The molecule has 2 aliphatic rings. The van der Waals surface area contributed by atoms with Crippen LogP contribution < -0.4 is 14.0 Å². The summed E-state index contributed by atoms with van der Waals surface area (Å²) in [6, 6.07) is 9.52. The fourth-order valence-electron chi connectivity index (χ4n) is 6.65. The second-order valence-electron chi connectivity index (χ2n) is 11.6. The molecule has 0 spiro atoms. The van der Waals surface area contributed by atoms with Crippen LogP contribution in [-0.2, 0) is 12.8 Å². The molecule has 256 valence electrons. The van der Waals surface area contributed by atoms with Gasteiger partial charge in [-0.1, -0.05) is 24.3 Å². The van der Waals surface area contributed by atoms with Crippen molar-refractivity contribution < 1.29 is 62.3 Å². The lowest BCUT2D eigenvalue weighted by Crippen LogP contribution is -2.38. The van der Waals surface area contributed by atoms with E-state index in [9.17, 15) is 22.0 Å². The van der Waals surface area contributed by atoms with Gasteiger partial charge in [0.2, 0.25) is 11.6 Å². The van der Waals surface area contributed by atoms with Gasteiger partial charge in [0.1, 0.15) is 46.3 Å². The van der Waals surface area contributed by atoms with Gasteiger partial charge in [0.25, 0.3) is 0 Å². The summed E-state index contributed by atoms with van der Waals surface area (Å²) in [6.07, 6.45) is -0.893. The fourth-order valence-corrected chi connectivity index (χ4v) is 6.65. The van der Waals surface area contributed by atoms with Crippen molar-refractivity contribution in [1.82, 2.24) is 0 Å². The van der Waals surface area contributed by atoms with E-state index in [1.807, 2.05) is 0 Å². The summed E-state index contributed by atoms with van der Waals surface area (Å²) in [6.45, 7) is 0. The number of fused-ring (bicyclic) bond motifs is 7. The van der Waals surface area contributed by atoms with Gasteiger partial charge >= 0.3 is 7.32 Å². The molecule has 6 aromatic rings. The molecule has 0 fully saturated rings. The Morgan fingerprint density at radius 2 is 0.961 bits per heavy atom. The van der Waals surface area contributed by atoms with Crippen LogP contribution in [0, 0.1) is 64.0 Å². The normalized spacial score (nSPS) is 12.5. The average Bonchev–Trinajstić information content (AvgIpc) is 3.68. The highest BCUT2D eigenvalue weighted by atomic mass is 19.2. The molecule has 15 heteroatoms. The third-order valence-electron chi connectivity index (χ3n) is 8.79. The molecule has 0 unspecified atom stereocenters. The summed E-state index contributed by atoms with van der Waals surface area (Å²) in [4.78, 5) is 0. The summed E-state index contributed by atoms with van der Waals surface area (Å²) in [5, 5.41) is -1.43. The molecule has 0 aromatic heterocycles. The molecule has 0 atom stereocenters. The second kappa shape index (κ2) is 11.7. The quantitative estimate of drug-likeness (QED) is 0.0976. The van der Waals surface area contributed by atoms with Crippen LogP contribution in [0.25, 0.3) is 33.0 Å². The first-order chi connectivity index (χ1) is 24.3. The summed E-state index contributed by atoms with van der Waals surface area (Å²) in [7, 11) is -2.65. The first kappa shape index (κ1) is 32.5. The predicted octanol–water partition coefficient (Wildman–Crippen LogP) is 10.0. The van der Waals surface area contributed by atoms with Crippen molar-refractivity contribution in [3.63, 3.8) is 0 Å². The Hall–Kier alpha value is -5.73. The third kappa shape index (κ3) is 4.88. The van der Waals surface area contributed by atoms with Crippen LogP contribution in [0.3, 0.4) is 0 Å². The predicted molar refractivity (Wildman–Crippen MR) is 160 cm³/mol. The van der Waals surface area contributed by atoms with E-state index in [1.165, 1.54) is 24.3 Å². The highest BCUT2D eigenvalue weighted by Crippen LogP contribution is 2.49. The Bertz CT molecular complexity index is 2380. The summed E-state index contributed by atoms with van der Waals surface area (Å²) < 4.78 is 182. The van der Waals surface area contributed by atoms with Gasteiger partial charge in [0.15, 0.2) is 23.3 Å². The monoisotopic (exact) mass is 714 g/mol. The third-order valence-corrected chi connectivity index (χ3v) is 8.79. The van der Waals surface area contributed by atoms with Gasteiger partial charge in [-0.05, 0) is 41.5 Å². The van der Waals surface area contributed by atoms with Crippen LogP contribution in [0.4, 0.5) is 48.3 Å². The number of hydrogen-bond acceptors (Lipinski definition) is 3. The first-order valence-electron chi connectivity index (χ1n) is 14.9. The van der Waals surface area contributed by atoms with E-state index < -0.39 is 146 Å². The molecule has 8 rings (SSSR count). The molecule has 0 bridgehead atoms. The average molecular weight is 714 g/mol. The molecule has 6 aromatic carbocycles. The minimum Gasteiger partial charge on any atom is -0.489 e. The maximum Gasteiger partial charge on any atom is 0.864 e. The van der Waals surface area contributed by atoms with Gasteiger partial charge in [-0.2, -0.15) is 8.78 Å². The van der Waals surface area contributed by atoms with Crippen molar-refractivity contribution >= 4 is 18.1 Å². The molecule has 0 radical (unpaired) electrons. The molecular weight excluding hydrogens is 700 g/mol. The van der Waals surface area contributed by atoms with Crippen LogP contribution >= 0.6 is 0 Å². The first-order valence-corrected chi connectivity index (χ1v) is 14.9. The molecule has 0 saturated heterocycles. The zero-order valence-corrected chi connectivity index (χ0v) is 25.1. The Balaban J connectivity index is 1.32. The number of halogens is 11. The molecule has 3 nitrogen and oxygen atoms in total. The van der Waals surface area contributed by atoms with Crippen LogP contribution in [0.1, 0.15) is 22.3 Å². The van der Waals surface area contributed by atoms with E-state index in [-0.39, 0.29) is 11.1 Å². The second-order valence-corrected chi connectivity index (χ2v) is 11.6. The number of rotatable bonds is 6. The summed E-state index contributed by atoms with van der Waals surface area (Å²) in [5.41, 5.74) is -3.12. The zero-order chi connectivity index (χ0) is 36.0. The van der Waals surface area contributed by atoms with Gasteiger partial charge in [-0.3, -0.25) is 0 Å². The molecule has 0 amide bonds. The molecule has 2 aliphatic carbocycles. The SMILES string of the molecule is Fc1cc(F)c2c(F)ccc(OB(Oc3c(F)c(F)c(F)c4c3Cc3cccc(F)c3-4)Oc3c(F)c(F)c(F)c4c3Cc3cccc(F)c3-4)c2c1. The van der Waals surface area contributed by atoms with E-state index >= 15 is 26.3 Å². The minimum absolute atomic E-state index is 0.0804. The van der Waals surface area contributed by atoms with E-state index in [2.05, 4.69) is 0 Å². The Labute approximate surface area is 279 Å². The molecule has 51 heavy (non-hydrogen) atoms. The Morgan fingerprint density at radius 3 is 1.47 bits per heavy atom. The maximum atomic E-state index is 15.6. The Kier molecular flexibility index (Phi) is 7.43. The lowest BCUT2D eigenvalue weighted by atomic mass is 10.0. The standard InChI is InChI=1S/C36H14BF11O3/c38-15-11-16-23(8-7-21(41)26(16)22(42)12-15)49-37(50-35-17-9-13-3-1-5-19(39)24(13)27(17)29(43)31(45)33(35)47)51-36-18-10-14-4-2-6-20(40)25(14)28(18)30(44)32(46)34(36)48/h1-8,11-12H,9-10H2. The number of benzene rings is 6. The molecule has 0 saturated carbocycles. The molecule has 0 heterocycles. The van der Waals surface area contributed by atoms with Crippen LogP contribution in [-0.4, -0.2) is 7.32 Å². The van der Waals surface area contributed by atoms with Crippen LogP contribution in [0.5, 0.6) is 17.2 Å². The summed E-state index contributed by atoms with van der Waals surface area (Å²) >= 11 is 0. The van der Waals surface area contributed by atoms with Gasteiger partial charge in [0.05, 0.1) is 5.39 Å². The topological polar surface area (TPSA) is 27.7 Å².